The van der Waals surface area contributed by atoms with Gasteiger partial charge in [0.25, 0.3) is 5.13 Å². The summed E-state index contributed by atoms with van der Waals surface area (Å²) in [6, 6.07) is 0. The van der Waals surface area contributed by atoms with Crippen LogP contribution in [0.25, 0.3) is 0 Å². The van der Waals surface area contributed by atoms with Gasteiger partial charge in [-0.15, -0.1) is 20.4 Å². The lowest BCUT2D eigenvalue weighted by molar-refractivity contribution is 0.997. The molecule has 0 spiro atoms. The van der Waals surface area contributed by atoms with E-state index in [-0.39, 0.29) is 0 Å². The Labute approximate surface area is 93.3 Å². The lowest BCUT2D eigenvalue weighted by Crippen LogP contribution is -1.84. The maximum Gasteiger partial charge on any atom is 0.253 e. The van der Waals surface area contributed by atoms with Crippen LogP contribution in [-0.2, 0) is 0 Å². The van der Waals surface area contributed by atoms with Gasteiger partial charge in [-0.1, -0.05) is 33.0 Å². The number of nitrogens with zero attached hydrogens (tertiary/aromatic N) is 6. The fourth-order valence-corrected chi connectivity index (χ4v) is 1.82. The van der Waals surface area contributed by atoms with Crippen molar-refractivity contribution < 1.29 is 0 Å². The third-order valence-corrected chi connectivity index (χ3v) is 2.79. The number of hydrogen-bond donors (Lipinski definition) is 1. The van der Waals surface area contributed by atoms with E-state index in [1.54, 1.807) is 0 Å². The molecular weight excluding hydrogens is 234 g/mol. The Balaban J connectivity index is 1.96. The molecule has 0 fully saturated rings. The topological polar surface area (TPSA) is 88.3 Å². The molecule has 2 aromatic heterocycles. The number of rotatable bonds is 3. The van der Waals surface area contributed by atoms with Crippen molar-refractivity contribution >= 4 is 32.9 Å². The Morgan fingerprint density at radius 3 is 2.33 bits per heavy atom. The standard InChI is InChI=1S/C6H7N7S2/c1-3-7-9-5(14-3)11-13-12-6-10-8-4(2)15-6/h1-2H3,(H,9,10,11,12). The second kappa shape index (κ2) is 4.36. The van der Waals surface area contributed by atoms with Gasteiger partial charge in [0.2, 0.25) is 5.13 Å². The molecule has 0 saturated carbocycles. The molecule has 0 unspecified atom stereocenters. The van der Waals surface area contributed by atoms with E-state index in [4.69, 9.17) is 0 Å². The molecule has 0 amide bonds. The summed E-state index contributed by atoms with van der Waals surface area (Å²) in [5, 5.41) is 25.7. The van der Waals surface area contributed by atoms with Gasteiger partial charge in [0.1, 0.15) is 10.0 Å². The average Bonchev–Trinajstić information content (AvgIpc) is 2.76. The zero-order valence-corrected chi connectivity index (χ0v) is 9.63. The molecule has 0 bridgehead atoms. The largest absolute Gasteiger partial charge is 0.253 e. The Morgan fingerprint density at radius 1 is 1.00 bits per heavy atom. The fourth-order valence-electron chi connectivity index (χ4n) is 0.779. The molecular formula is C6H7N7S2. The van der Waals surface area contributed by atoms with E-state index in [0.717, 1.165) is 10.0 Å². The van der Waals surface area contributed by atoms with E-state index < -0.39 is 0 Å². The molecule has 0 atom stereocenters. The molecule has 0 aliphatic heterocycles. The van der Waals surface area contributed by atoms with Crippen LogP contribution in [0.1, 0.15) is 10.0 Å². The Morgan fingerprint density at radius 2 is 1.73 bits per heavy atom. The number of hydrogen-bond acceptors (Lipinski definition) is 8. The minimum absolute atomic E-state index is 0.515. The van der Waals surface area contributed by atoms with E-state index in [2.05, 4.69) is 36.2 Å². The molecule has 0 saturated heterocycles. The van der Waals surface area contributed by atoms with Crippen LogP contribution in [0.15, 0.2) is 10.3 Å². The minimum Gasteiger partial charge on any atom is -0.232 e. The average molecular weight is 241 g/mol. The van der Waals surface area contributed by atoms with Gasteiger partial charge in [0.15, 0.2) is 0 Å². The maximum atomic E-state index is 3.83. The molecule has 2 heterocycles. The molecule has 1 N–H and O–H groups in total. The van der Waals surface area contributed by atoms with Gasteiger partial charge in [-0.2, -0.15) is 0 Å². The van der Waals surface area contributed by atoms with E-state index in [9.17, 15) is 0 Å². The molecule has 2 aromatic rings. The Hall–Kier alpha value is -1.48. The van der Waals surface area contributed by atoms with Crippen molar-refractivity contribution in [2.75, 3.05) is 5.43 Å². The van der Waals surface area contributed by atoms with Crippen LogP contribution in [0.5, 0.6) is 0 Å². The van der Waals surface area contributed by atoms with Gasteiger partial charge in [0, 0.05) is 0 Å². The summed E-state index contributed by atoms with van der Waals surface area (Å²) in [5.74, 6) is 0. The molecule has 0 radical (unpaired) electrons. The molecule has 0 aliphatic rings. The Bertz CT molecular complexity index is 473. The van der Waals surface area contributed by atoms with Crippen LogP contribution >= 0.6 is 22.7 Å². The zero-order chi connectivity index (χ0) is 10.7. The van der Waals surface area contributed by atoms with Crippen molar-refractivity contribution in [3.05, 3.63) is 10.0 Å². The molecule has 9 heteroatoms. The smallest absolute Gasteiger partial charge is 0.232 e. The quantitative estimate of drug-likeness (QED) is 0.656. The number of anilines is 1. The molecule has 0 aliphatic carbocycles. The van der Waals surface area contributed by atoms with Gasteiger partial charge in [-0.05, 0) is 13.8 Å². The van der Waals surface area contributed by atoms with Crippen LogP contribution in [0, 0.1) is 13.8 Å². The van der Waals surface area contributed by atoms with Gasteiger partial charge >= 0.3 is 0 Å². The summed E-state index contributed by atoms with van der Waals surface area (Å²) in [7, 11) is 0. The van der Waals surface area contributed by atoms with E-state index in [0.29, 0.717) is 10.3 Å². The lowest BCUT2D eigenvalue weighted by Gasteiger charge is -1.86. The van der Waals surface area contributed by atoms with Crippen molar-refractivity contribution in [3.63, 3.8) is 0 Å². The third kappa shape index (κ3) is 2.73. The second-order valence-corrected chi connectivity index (χ2v) is 4.88. The van der Waals surface area contributed by atoms with Crippen molar-refractivity contribution in [3.8, 4) is 0 Å². The first kappa shape index (κ1) is 10.1. The van der Waals surface area contributed by atoms with Crippen molar-refractivity contribution in [1.29, 1.82) is 0 Å². The Kier molecular flexibility index (Phi) is 2.92. The van der Waals surface area contributed by atoms with Gasteiger partial charge in [-0.3, -0.25) is 0 Å². The zero-order valence-electron chi connectivity index (χ0n) is 8.00. The summed E-state index contributed by atoms with van der Waals surface area (Å²) < 4.78 is 0. The van der Waals surface area contributed by atoms with Crippen LogP contribution in [0.2, 0.25) is 0 Å². The second-order valence-electron chi connectivity index (χ2n) is 2.54. The number of aromatic nitrogens is 4. The summed E-state index contributed by atoms with van der Waals surface area (Å²) in [6.45, 7) is 3.73. The number of nitrogens with one attached hydrogen (secondary N) is 1. The molecule has 0 aromatic carbocycles. The van der Waals surface area contributed by atoms with E-state index in [1.165, 1.54) is 22.7 Å². The summed E-state index contributed by atoms with van der Waals surface area (Å²) in [4.78, 5) is 0. The normalized spacial score (nSPS) is 11.1. The van der Waals surface area contributed by atoms with Crippen molar-refractivity contribution in [2.24, 2.45) is 10.3 Å². The SMILES string of the molecule is Cc1nnc(N=NNc2nnc(C)s2)s1. The van der Waals surface area contributed by atoms with E-state index in [1.807, 2.05) is 13.8 Å². The van der Waals surface area contributed by atoms with Gasteiger partial charge in [-0.25, -0.2) is 5.43 Å². The van der Waals surface area contributed by atoms with Gasteiger partial charge in [0.05, 0.1) is 0 Å². The van der Waals surface area contributed by atoms with Crippen LogP contribution in [0.4, 0.5) is 10.3 Å². The number of aryl methyl sites for hydroxylation is 2. The molecule has 2 rings (SSSR count). The third-order valence-electron chi connectivity index (χ3n) is 1.32. The molecule has 78 valence electrons. The summed E-state index contributed by atoms with van der Waals surface area (Å²) in [5.41, 5.74) is 2.67. The fraction of sp³-hybridized carbons (Fsp3) is 0.333. The highest BCUT2D eigenvalue weighted by Gasteiger charge is 1.99. The summed E-state index contributed by atoms with van der Waals surface area (Å²) >= 11 is 2.78. The van der Waals surface area contributed by atoms with E-state index >= 15 is 0 Å². The van der Waals surface area contributed by atoms with Crippen LogP contribution < -0.4 is 5.43 Å². The van der Waals surface area contributed by atoms with Crippen molar-refractivity contribution in [1.82, 2.24) is 20.4 Å². The monoisotopic (exact) mass is 241 g/mol. The van der Waals surface area contributed by atoms with Crippen LogP contribution in [0.3, 0.4) is 0 Å². The highest BCUT2D eigenvalue weighted by Crippen LogP contribution is 2.18. The summed E-state index contributed by atoms with van der Waals surface area (Å²) in [6.07, 6.45) is 0. The molecule has 7 nitrogen and oxygen atoms in total. The predicted molar refractivity (Wildman–Crippen MR) is 57.4 cm³/mol. The van der Waals surface area contributed by atoms with Crippen molar-refractivity contribution in [2.45, 2.75) is 13.8 Å². The predicted octanol–water partition coefficient (Wildman–Crippen LogP) is 2.12. The highest BCUT2D eigenvalue weighted by molar-refractivity contribution is 7.15. The first-order valence-electron chi connectivity index (χ1n) is 4.01. The van der Waals surface area contributed by atoms with Gasteiger partial charge < -0.3 is 0 Å². The first-order chi connectivity index (χ1) is 7.24. The highest BCUT2D eigenvalue weighted by atomic mass is 32.1. The van der Waals surface area contributed by atoms with Crippen LogP contribution in [-0.4, -0.2) is 20.4 Å². The lowest BCUT2D eigenvalue weighted by atomic mass is 10.9. The first-order valence-corrected chi connectivity index (χ1v) is 5.64. The minimum atomic E-state index is 0.515. The molecule has 15 heavy (non-hydrogen) atoms. The maximum absolute atomic E-state index is 3.83.